The summed E-state index contributed by atoms with van der Waals surface area (Å²) in [5, 5.41) is 19.6. The van der Waals surface area contributed by atoms with Gasteiger partial charge in [0, 0.05) is 0 Å². The van der Waals surface area contributed by atoms with Crippen LogP contribution in [-0.2, 0) is 6.42 Å². The maximum absolute atomic E-state index is 9.80. The molecule has 2 aromatic carbocycles. The monoisotopic (exact) mass is 214 g/mol. The largest absolute Gasteiger partial charge is 0.507 e. The van der Waals surface area contributed by atoms with Crippen LogP contribution in [0, 0.1) is 0 Å². The number of phenols is 2. The molecule has 82 valence electrons. The van der Waals surface area contributed by atoms with E-state index in [4.69, 9.17) is 0 Å². The highest BCUT2D eigenvalue weighted by Gasteiger charge is 2.11. The van der Waals surface area contributed by atoms with E-state index in [0.29, 0.717) is 5.56 Å². The quantitative estimate of drug-likeness (QED) is 0.805. The van der Waals surface area contributed by atoms with Crippen LogP contribution in [0.5, 0.6) is 11.5 Å². The second-order valence-electron chi connectivity index (χ2n) is 3.68. The first kappa shape index (κ1) is 10.6. The molecule has 0 saturated carbocycles. The van der Waals surface area contributed by atoms with Gasteiger partial charge in [-0.2, -0.15) is 0 Å². The van der Waals surface area contributed by atoms with E-state index in [-0.39, 0.29) is 11.5 Å². The molecule has 2 N–H and O–H groups in total. The van der Waals surface area contributed by atoms with Crippen molar-refractivity contribution < 1.29 is 10.2 Å². The van der Waals surface area contributed by atoms with Gasteiger partial charge < -0.3 is 10.2 Å². The molecular weight excluding hydrogens is 200 g/mol. The molecule has 16 heavy (non-hydrogen) atoms. The lowest BCUT2D eigenvalue weighted by molar-refractivity contribution is 0.454. The Hall–Kier alpha value is -1.96. The zero-order valence-electron chi connectivity index (χ0n) is 9.14. The molecule has 2 rings (SSSR count). The maximum Gasteiger partial charge on any atom is 0.127 e. The van der Waals surface area contributed by atoms with Crippen LogP contribution in [0.1, 0.15) is 12.5 Å². The lowest BCUT2D eigenvalue weighted by Crippen LogP contribution is -1.88. The predicted molar refractivity (Wildman–Crippen MR) is 64.6 cm³/mol. The van der Waals surface area contributed by atoms with Crippen molar-refractivity contribution in [3.05, 3.63) is 48.0 Å². The zero-order valence-corrected chi connectivity index (χ0v) is 9.14. The molecule has 0 unspecified atom stereocenters. The van der Waals surface area contributed by atoms with Crippen molar-refractivity contribution in [2.75, 3.05) is 0 Å². The van der Waals surface area contributed by atoms with Crippen molar-refractivity contribution in [3.8, 4) is 22.6 Å². The van der Waals surface area contributed by atoms with E-state index in [9.17, 15) is 10.2 Å². The summed E-state index contributed by atoms with van der Waals surface area (Å²) in [6.45, 7) is 2.05. The van der Waals surface area contributed by atoms with Crippen LogP contribution >= 0.6 is 0 Å². The van der Waals surface area contributed by atoms with Crippen molar-refractivity contribution in [2.45, 2.75) is 13.3 Å². The molecule has 0 aliphatic carbocycles. The normalized spacial score (nSPS) is 10.3. The smallest absolute Gasteiger partial charge is 0.127 e. The zero-order chi connectivity index (χ0) is 11.5. The van der Waals surface area contributed by atoms with Gasteiger partial charge in [-0.25, -0.2) is 0 Å². The molecule has 0 atom stereocenters. The van der Waals surface area contributed by atoms with Gasteiger partial charge in [0.2, 0.25) is 0 Å². The summed E-state index contributed by atoms with van der Waals surface area (Å²) in [7, 11) is 0. The molecule has 0 bridgehead atoms. The molecule has 0 fully saturated rings. The Morgan fingerprint density at radius 3 is 2.12 bits per heavy atom. The third-order valence-corrected chi connectivity index (χ3v) is 2.69. The molecule has 0 aromatic heterocycles. The lowest BCUT2D eigenvalue weighted by atomic mass is 9.97. The van der Waals surface area contributed by atoms with E-state index < -0.39 is 0 Å². The Balaban J connectivity index is 2.67. The minimum atomic E-state index is 0.112. The van der Waals surface area contributed by atoms with Gasteiger partial charge in [-0.3, -0.25) is 0 Å². The number of aryl methyl sites for hydroxylation is 1. The molecular formula is C14H14O2. The molecule has 0 amide bonds. The van der Waals surface area contributed by atoms with Gasteiger partial charge in [0.05, 0.1) is 5.56 Å². The molecule has 0 aliphatic heterocycles. The van der Waals surface area contributed by atoms with E-state index in [1.165, 1.54) is 0 Å². The Labute approximate surface area is 94.8 Å². The fourth-order valence-corrected chi connectivity index (χ4v) is 1.88. The highest BCUT2D eigenvalue weighted by molar-refractivity contribution is 5.78. The highest BCUT2D eigenvalue weighted by atomic mass is 16.3. The Morgan fingerprint density at radius 2 is 1.50 bits per heavy atom. The van der Waals surface area contributed by atoms with E-state index in [1.807, 2.05) is 24.3 Å². The number of rotatable bonds is 2. The summed E-state index contributed by atoms with van der Waals surface area (Å²) < 4.78 is 0. The molecule has 0 aliphatic rings. The third-order valence-electron chi connectivity index (χ3n) is 2.69. The van der Waals surface area contributed by atoms with Crippen LogP contribution in [0.4, 0.5) is 0 Å². The second-order valence-corrected chi connectivity index (χ2v) is 3.68. The van der Waals surface area contributed by atoms with Gasteiger partial charge in [0.15, 0.2) is 0 Å². The first-order valence-corrected chi connectivity index (χ1v) is 5.33. The van der Waals surface area contributed by atoms with E-state index in [0.717, 1.165) is 17.5 Å². The van der Waals surface area contributed by atoms with Crippen molar-refractivity contribution >= 4 is 0 Å². The van der Waals surface area contributed by atoms with Crippen LogP contribution in [0.15, 0.2) is 42.5 Å². The first-order valence-electron chi connectivity index (χ1n) is 5.33. The summed E-state index contributed by atoms with van der Waals surface area (Å²) >= 11 is 0. The van der Waals surface area contributed by atoms with E-state index >= 15 is 0 Å². The standard InChI is InChI=1S/C14H14O2/c1-2-10-6-3-4-7-11(10)14-12(15)8-5-9-13(14)16/h3-9,15-16H,2H2,1H3. The maximum atomic E-state index is 9.80. The van der Waals surface area contributed by atoms with Gasteiger partial charge in [-0.1, -0.05) is 37.3 Å². The van der Waals surface area contributed by atoms with Gasteiger partial charge in [0.25, 0.3) is 0 Å². The van der Waals surface area contributed by atoms with Crippen molar-refractivity contribution in [1.29, 1.82) is 0 Å². The SMILES string of the molecule is CCc1ccccc1-c1c(O)cccc1O. The van der Waals surface area contributed by atoms with Gasteiger partial charge >= 0.3 is 0 Å². The van der Waals surface area contributed by atoms with E-state index in [2.05, 4.69) is 6.92 Å². The highest BCUT2D eigenvalue weighted by Crippen LogP contribution is 2.38. The van der Waals surface area contributed by atoms with Crippen molar-refractivity contribution in [1.82, 2.24) is 0 Å². The average molecular weight is 214 g/mol. The van der Waals surface area contributed by atoms with Gasteiger partial charge in [-0.05, 0) is 29.7 Å². The predicted octanol–water partition coefficient (Wildman–Crippen LogP) is 3.33. The molecule has 0 heterocycles. The summed E-state index contributed by atoms with van der Waals surface area (Å²) in [6, 6.07) is 12.6. The molecule has 2 nitrogen and oxygen atoms in total. The van der Waals surface area contributed by atoms with Crippen LogP contribution in [0.25, 0.3) is 11.1 Å². The first-order chi connectivity index (χ1) is 7.74. The van der Waals surface area contributed by atoms with Gasteiger partial charge in [0.1, 0.15) is 11.5 Å². The van der Waals surface area contributed by atoms with Crippen LogP contribution < -0.4 is 0 Å². The molecule has 2 aromatic rings. The molecule has 2 heteroatoms. The minimum Gasteiger partial charge on any atom is -0.507 e. The number of hydrogen-bond donors (Lipinski definition) is 2. The number of phenolic OH excluding ortho intramolecular Hbond substituents is 2. The van der Waals surface area contributed by atoms with Crippen LogP contribution in [-0.4, -0.2) is 10.2 Å². The number of hydrogen-bond acceptors (Lipinski definition) is 2. The third kappa shape index (κ3) is 1.74. The average Bonchev–Trinajstić information content (AvgIpc) is 2.29. The topological polar surface area (TPSA) is 40.5 Å². The summed E-state index contributed by atoms with van der Waals surface area (Å²) in [6.07, 6.45) is 0.865. The molecule has 0 spiro atoms. The Bertz CT molecular complexity index is 484. The fraction of sp³-hybridized carbons (Fsp3) is 0.143. The number of aromatic hydroxyl groups is 2. The fourth-order valence-electron chi connectivity index (χ4n) is 1.88. The van der Waals surface area contributed by atoms with Crippen LogP contribution in [0.3, 0.4) is 0 Å². The minimum absolute atomic E-state index is 0.112. The van der Waals surface area contributed by atoms with Crippen molar-refractivity contribution in [3.63, 3.8) is 0 Å². The summed E-state index contributed by atoms with van der Waals surface area (Å²) in [5.41, 5.74) is 2.51. The van der Waals surface area contributed by atoms with E-state index in [1.54, 1.807) is 18.2 Å². The number of benzene rings is 2. The van der Waals surface area contributed by atoms with Crippen LogP contribution in [0.2, 0.25) is 0 Å². The molecule has 0 saturated heterocycles. The molecule has 0 radical (unpaired) electrons. The summed E-state index contributed by atoms with van der Waals surface area (Å²) in [4.78, 5) is 0. The Kier molecular flexibility index (Phi) is 2.82. The second kappa shape index (κ2) is 4.27. The lowest BCUT2D eigenvalue weighted by Gasteiger charge is -2.11. The summed E-state index contributed by atoms with van der Waals surface area (Å²) in [5.74, 6) is 0.224. The van der Waals surface area contributed by atoms with Crippen molar-refractivity contribution in [2.24, 2.45) is 0 Å². The Morgan fingerprint density at radius 1 is 0.875 bits per heavy atom. The van der Waals surface area contributed by atoms with Gasteiger partial charge in [-0.15, -0.1) is 0 Å².